The molecule has 1 aliphatic heterocycles. The standard InChI is InChI=1S/C30H39N5O3/c1-29(2,3)23-12-14-25(15-13-23)35(28(37)30(4)20-38-18-17-34(30)21-31)26(22-9-8-16-32-19-22)27(36)33-24-10-6-5-7-11-24/h8-9,12-16,19,24,26H,5-7,10-11,17-18,20H2,1-4H3,(H,33,36). The van der Waals surface area contributed by atoms with E-state index >= 15 is 0 Å². The molecule has 8 nitrogen and oxygen atoms in total. The summed E-state index contributed by atoms with van der Waals surface area (Å²) < 4.78 is 5.70. The average Bonchev–Trinajstić information content (AvgIpc) is 2.92. The van der Waals surface area contributed by atoms with Crippen LogP contribution in [0.4, 0.5) is 5.69 Å². The second-order valence-electron chi connectivity index (χ2n) is 11.6. The molecular formula is C30H39N5O3. The molecule has 4 rings (SSSR count). The lowest BCUT2D eigenvalue weighted by Crippen LogP contribution is -2.63. The van der Waals surface area contributed by atoms with Crippen LogP contribution in [0.3, 0.4) is 0 Å². The lowest BCUT2D eigenvalue weighted by molar-refractivity contribution is -0.139. The molecule has 38 heavy (non-hydrogen) atoms. The van der Waals surface area contributed by atoms with Crippen molar-refractivity contribution in [1.82, 2.24) is 15.2 Å². The molecule has 1 aromatic heterocycles. The fourth-order valence-corrected chi connectivity index (χ4v) is 5.34. The highest BCUT2D eigenvalue weighted by atomic mass is 16.5. The fraction of sp³-hybridized carbons (Fsp3) is 0.533. The van der Waals surface area contributed by atoms with Gasteiger partial charge in [0.25, 0.3) is 5.91 Å². The molecule has 202 valence electrons. The van der Waals surface area contributed by atoms with E-state index in [1.807, 2.05) is 30.3 Å². The number of nitrogens with one attached hydrogen (secondary N) is 1. The molecule has 2 aromatic rings. The number of nitriles is 1. The highest BCUT2D eigenvalue weighted by Crippen LogP contribution is 2.35. The summed E-state index contributed by atoms with van der Waals surface area (Å²) in [7, 11) is 0. The molecule has 2 aliphatic rings. The molecule has 8 heteroatoms. The Hall–Kier alpha value is -3.44. The normalized spacial score (nSPS) is 21.3. The molecule has 0 radical (unpaired) electrons. The highest BCUT2D eigenvalue weighted by molar-refractivity contribution is 6.06. The quantitative estimate of drug-likeness (QED) is 0.568. The van der Waals surface area contributed by atoms with E-state index in [-0.39, 0.29) is 29.9 Å². The third kappa shape index (κ3) is 5.83. The van der Waals surface area contributed by atoms with Gasteiger partial charge in [0.2, 0.25) is 5.91 Å². The Labute approximate surface area is 226 Å². The molecule has 1 saturated heterocycles. The van der Waals surface area contributed by atoms with Gasteiger partial charge < -0.3 is 10.1 Å². The summed E-state index contributed by atoms with van der Waals surface area (Å²) in [4.78, 5) is 35.9. The van der Waals surface area contributed by atoms with Crippen molar-refractivity contribution in [1.29, 1.82) is 5.26 Å². The molecule has 1 saturated carbocycles. The third-order valence-corrected chi connectivity index (χ3v) is 7.71. The smallest absolute Gasteiger partial charge is 0.256 e. The zero-order chi connectivity index (χ0) is 27.3. The second-order valence-corrected chi connectivity index (χ2v) is 11.6. The van der Waals surface area contributed by atoms with Crippen molar-refractivity contribution in [3.63, 3.8) is 0 Å². The van der Waals surface area contributed by atoms with Gasteiger partial charge in [0, 0.05) is 29.7 Å². The Bertz CT molecular complexity index is 1150. The van der Waals surface area contributed by atoms with E-state index in [0.717, 1.165) is 31.2 Å². The van der Waals surface area contributed by atoms with Crippen LogP contribution in [0.2, 0.25) is 0 Å². The molecule has 2 fully saturated rings. The molecule has 2 heterocycles. The molecule has 1 aliphatic carbocycles. The zero-order valence-electron chi connectivity index (χ0n) is 22.9. The number of pyridine rings is 1. The number of amides is 2. The van der Waals surface area contributed by atoms with Crippen LogP contribution in [0.25, 0.3) is 0 Å². The molecule has 1 aromatic carbocycles. The van der Waals surface area contributed by atoms with E-state index < -0.39 is 11.6 Å². The first-order chi connectivity index (χ1) is 18.1. The maximum Gasteiger partial charge on any atom is 0.256 e. The number of hydrogen-bond acceptors (Lipinski definition) is 6. The largest absolute Gasteiger partial charge is 0.377 e. The van der Waals surface area contributed by atoms with Gasteiger partial charge in [-0.15, -0.1) is 0 Å². The van der Waals surface area contributed by atoms with Crippen LogP contribution in [-0.2, 0) is 19.7 Å². The van der Waals surface area contributed by atoms with Crippen LogP contribution >= 0.6 is 0 Å². The van der Waals surface area contributed by atoms with Crippen LogP contribution in [0.15, 0.2) is 48.8 Å². The van der Waals surface area contributed by atoms with Gasteiger partial charge in [-0.05, 0) is 48.9 Å². The van der Waals surface area contributed by atoms with E-state index in [0.29, 0.717) is 24.4 Å². The summed E-state index contributed by atoms with van der Waals surface area (Å²) in [5, 5.41) is 13.1. The van der Waals surface area contributed by atoms with Crippen LogP contribution in [-0.4, -0.2) is 53.0 Å². The molecule has 2 amide bonds. The predicted molar refractivity (Wildman–Crippen MR) is 146 cm³/mol. The topological polar surface area (TPSA) is 98.6 Å². The molecule has 2 atom stereocenters. The number of anilines is 1. The van der Waals surface area contributed by atoms with Gasteiger partial charge in [0.15, 0.2) is 6.19 Å². The minimum Gasteiger partial charge on any atom is -0.377 e. The van der Waals surface area contributed by atoms with E-state index in [4.69, 9.17) is 4.74 Å². The number of ether oxygens (including phenoxy) is 1. The number of morpholine rings is 1. The summed E-state index contributed by atoms with van der Waals surface area (Å²) in [6.45, 7) is 8.84. The Morgan fingerprint density at radius 2 is 1.89 bits per heavy atom. The maximum atomic E-state index is 14.5. The first kappa shape index (κ1) is 27.6. The SMILES string of the molecule is CC(C)(C)c1ccc(N(C(=O)C2(C)COCCN2C#N)C(C(=O)NC2CCCCC2)c2cccnc2)cc1. The monoisotopic (exact) mass is 517 g/mol. The summed E-state index contributed by atoms with van der Waals surface area (Å²) in [5.41, 5.74) is 0.971. The summed E-state index contributed by atoms with van der Waals surface area (Å²) in [5.74, 6) is -0.614. The Morgan fingerprint density at radius 1 is 1.18 bits per heavy atom. The van der Waals surface area contributed by atoms with Gasteiger partial charge in [-0.3, -0.25) is 24.4 Å². The van der Waals surface area contributed by atoms with Gasteiger partial charge in [0.05, 0.1) is 19.8 Å². The molecule has 1 N–H and O–H groups in total. The number of hydrogen-bond donors (Lipinski definition) is 1. The molecule has 0 bridgehead atoms. The number of rotatable bonds is 6. The van der Waals surface area contributed by atoms with Gasteiger partial charge in [-0.1, -0.05) is 58.2 Å². The molecule has 0 spiro atoms. The first-order valence-corrected chi connectivity index (χ1v) is 13.5. The van der Waals surface area contributed by atoms with Gasteiger partial charge >= 0.3 is 0 Å². The van der Waals surface area contributed by atoms with Gasteiger partial charge in [0.1, 0.15) is 11.6 Å². The van der Waals surface area contributed by atoms with Crippen LogP contribution in [0, 0.1) is 11.5 Å². The second kappa shape index (κ2) is 11.5. The highest BCUT2D eigenvalue weighted by Gasteiger charge is 2.48. The summed E-state index contributed by atoms with van der Waals surface area (Å²) >= 11 is 0. The number of benzene rings is 1. The van der Waals surface area contributed by atoms with Crippen molar-refractivity contribution in [3.8, 4) is 6.19 Å². The van der Waals surface area contributed by atoms with Crippen molar-refractivity contribution < 1.29 is 14.3 Å². The third-order valence-electron chi connectivity index (χ3n) is 7.71. The number of nitrogens with zero attached hydrogens (tertiary/aromatic N) is 4. The minimum absolute atomic E-state index is 0.0555. The Kier molecular flexibility index (Phi) is 8.37. The number of aromatic nitrogens is 1. The lowest BCUT2D eigenvalue weighted by Gasteiger charge is -2.44. The molecular weight excluding hydrogens is 478 g/mol. The van der Waals surface area contributed by atoms with E-state index in [1.165, 1.54) is 11.3 Å². The Balaban J connectivity index is 1.82. The van der Waals surface area contributed by atoms with Crippen LogP contribution in [0.1, 0.15) is 77.0 Å². The zero-order valence-corrected chi connectivity index (χ0v) is 22.9. The number of carbonyl (C=O) groups is 2. The van der Waals surface area contributed by atoms with E-state index in [9.17, 15) is 14.9 Å². The van der Waals surface area contributed by atoms with Crippen molar-refractivity contribution >= 4 is 17.5 Å². The summed E-state index contributed by atoms with van der Waals surface area (Å²) in [6.07, 6.45) is 10.6. The summed E-state index contributed by atoms with van der Waals surface area (Å²) in [6, 6.07) is 10.5. The van der Waals surface area contributed by atoms with Crippen molar-refractivity contribution in [3.05, 3.63) is 59.9 Å². The average molecular weight is 518 g/mol. The van der Waals surface area contributed by atoms with Crippen molar-refractivity contribution in [2.45, 2.75) is 82.8 Å². The molecule has 2 unspecified atom stereocenters. The van der Waals surface area contributed by atoms with Crippen LogP contribution in [0.5, 0.6) is 0 Å². The van der Waals surface area contributed by atoms with Crippen molar-refractivity contribution in [2.24, 2.45) is 0 Å². The predicted octanol–water partition coefficient (Wildman–Crippen LogP) is 4.47. The van der Waals surface area contributed by atoms with Gasteiger partial charge in [-0.25, -0.2) is 0 Å². The maximum absolute atomic E-state index is 14.5. The minimum atomic E-state index is -1.26. The van der Waals surface area contributed by atoms with Crippen LogP contribution < -0.4 is 10.2 Å². The fourth-order valence-electron chi connectivity index (χ4n) is 5.34. The first-order valence-electron chi connectivity index (χ1n) is 13.5. The van der Waals surface area contributed by atoms with E-state index in [1.54, 1.807) is 30.3 Å². The van der Waals surface area contributed by atoms with Gasteiger partial charge in [-0.2, -0.15) is 5.26 Å². The number of carbonyl (C=O) groups excluding carboxylic acids is 2. The lowest BCUT2D eigenvalue weighted by atomic mass is 9.87. The van der Waals surface area contributed by atoms with E-state index in [2.05, 4.69) is 37.3 Å². The Morgan fingerprint density at radius 3 is 2.50 bits per heavy atom. The van der Waals surface area contributed by atoms with Crippen molar-refractivity contribution in [2.75, 3.05) is 24.7 Å².